The van der Waals surface area contributed by atoms with Crippen LogP contribution in [-0.2, 0) is 27.1 Å². The van der Waals surface area contributed by atoms with E-state index in [0.29, 0.717) is 22.0 Å². The third-order valence-corrected chi connectivity index (χ3v) is 7.57. The van der Waals surface area contributed by atoms with Crippen LogP contribution in [0.1, 0.15) is 69.7 Å². The molecule has 0 bridgehead atoms. The van der Waals surface area contributed by atoms with Gasteiger partial charge in [-0.05, 0) is 70.6 Å². The highest BCUT2D eigenvalue weighted by Crippen LogP contribution is 2.40. The van der Waals surface area contributed by atoms with Gasteiger partial charge in [0.2, 0.25) is 0 Å². The highest BCUT2D eigenvalue weighted by Gasteiger charge is 2.30. The highest BCUT2D eigenvalue weighted by molar-refractivity contribution is 7.17. The molecule has 2 atom stereocenters. The number of nitrogens with one attached hydrogen (secondary N) is 2. The summed E-state index contributed by atoms with van der Waals surface area (Å²) in [5.74, 6) is -0.309. The summed E-state index contributed by atoms with van der Waals surface area (Å²) in [6.07, 6.45) is 1.56. The molecule has 2 aromatic heterocycles. The van der Waals surface area contributed by atoms with Crippen LogP contribution in [0.25, 0.3) is 11.4 Å². The topological polar surface area (TPSA) is 110 Å². The second-order valence-corrected chi connectivity index (χ2v) is 10.3. The van der Waals surface area contributed by atoms with Gasteiger partial charge in [-0.1, -0.05) is 19.1 Å². The molecule has 0 saturated carbocycles. The molecule has 1 aliphatic rings. The third kappa shape index (κ3) is 5.36. The van der Waals surface area contributed by atoms with E-state index in [1.54, 1.807) is 31.2 Å². The zero-order valence-electron chi connectivity index (χ0n) is 21.2. The summed E-state index contributed by atoms with van der Waals surface area (Å²) in [5.41, 5.74) is 4.46. The van der Waals surface area contributed by atoms with E-state index in [4.69, 9.17) is 9.47 Å². The number of aryl methyl sites for hydroxylation is 2. The second kappa shape index (κ2) is 10.7. The van der Waals surface area contributed by atoms with Crippen molar-refractivity contribution in [2.75, 3.05) is 11.9 Å². The lowest BCUT2D eigenvalue weighted by Crippen LogP contribution is -2.30. The van der Waals surface area contributed by atoms with Crippen molar-refractivity contribution in [2.24, 2.45) is 5.92 Å². The maximum Gasteiger partial charge on any atom is 0.341 e. The van der Waals surface area contributed by atoms with Crippen LogP contribution < -0.4 is 5.32 Å². The van der Waals surface area contributed by atoms with Gasteiger partial charge in [-0.3, -0.25) is 4.79 Å². The Balaban J connectivity index is 1.44. The molecule has 0 saturated heterocycles. The first-order chi connectivity index (χ1) is 17.2. The normalized spacial score (nSPS) is 15.6. The summed E-state index contributed by atoms with van der Waals surface area (Å²) in [6.45, 7) is 9.56. The Morgan fingerprint density at radius 2 is 1.92 bits per heavy atom. The summed E-state index contributed by atoms with van der Waals surface area (Å²) in [4.78, 5) is 47.1. The van der Waals surface area contributed by atoms with Gasteiger partial charge in [-0.25, -0.2) is 14.6 Å². The molecule has 2 unspecified atom stereocenters. The van der Waals surface area contributed by atoms with E-state index in [2.05, 4.69) is 22.2 Å². The maximum absolute atomic E-state index is 12.9. The lowest BCUT2D eigenvalue weighted by atomic mass is 9.88. The minimum Gasteiger partial charge on any atom is -0.462 e. The average Bonchev–Trinajstić information content (AvgIpc) is 3.37. The smallest absolute Gasteiger partial charge is 0.341 e. The molecular formula is C27H31N3O5S. The van der Waals surface area contributed by atoms with Crippen molar-refractivity contribution in [3.63, 3.8) is 0 Å². The van der Waals surface area contributed by atoms with Crippen molar-refractivity contribution in [3.05, 3.63) is 57.2 Å². The van der Waals surface area contributed by atoms with Crippen LogP contribution in [0.15, 0.2) is 24.3 Å². The number of carbonyl (C=O) groups is 3. The molecule has 2 heterocycles. The number of benzene rings is 1. The van der Waals surface area contributed by atoms with Gasteiger partial charge in [-0.15, -0.1) is 11.3 Å². The van der Waals surface area contributed by atoms with Gasteiger partial charge in [0.05, 0.1) is 23.4 Å². The number of nitrogens with zero attached hydrogens (tertiary/aromatic N) is 1. The van der Waals surface area contributed by atoms with E-state index in [1.165, 1.54) is 18.3 Å². The predicted molar refractivity (Wildman–Crippen MR) is 138 cm³/mol. The van der Waals surface area contributed by atoms with Crippen LogP contribution in [0.5, 0.6) is 0 Å². The van der Waals surface area contributed by atoms with Crippen LogP contribution in [-0.4, -0.2) is 40.5 Å². The number of hydrogen-bond acceptors (Lipinski definition) is 7. The Labute approximate surface area is 214 Å². The van der Waals surface area contributed by atoms with Crippen molar-refractivity contribution in [2.45, 2.75) is 60.0 Å². The number of aromatic amines is 1. The summed E-state index contributed by atoms with van der Waals surface area (Å²) >= 11 is 1.40. The van der Waals surface area contributed by atoms with Crippen LogP contribution in [0, 0.1) is 19.8 Å². The summed E-state index contributed by atoms with van der Waals surface area (Å²) < 4.78 is 10.7. The number of hydrogen-bond donors (Lipinski definition) is 2. The molecule has 0 fully saturated rings. The number of imidazole rings is 1. The molecule has 0 radical (unpaired) electrons. The van der Waals surface area contributed by atoms with Gasteiger partial charge in [-0.2, -0.15) is 0 Å². The minimum absolute atomic E-state index is 0.249. The molecule has 190 valence electrons. The van der Waals surface area contributed by atoms with Crippen LogP contribution in [0.3, 0.4) is 0 Å². The number of rotatable bonds is 7. The van der Waals surface area contributed by atoms with Crippen molar-refractivity contribution in [1.82, 2.24) is 9.97 Å². The predicted octanol–water partition coefficient (Wildman–Crippen LogP) is 5.24. The second-order valence-electron chi connectivity index (χ2n) is 9.19. The van der Waals surface area contributed by atoms with E-state index in [1.807, 2.05) is 13.8 Å². The Bertz CT molecular complexity index is 1270. The fourth-order valence-electron chi connectivity index (χ4n) is 4.20. The lowest BCUT2D eigenvalue weighted by Gasteiger charge is -2.18. The number of H-pyrrole nitrogens is 1. The van der Waals surface area contributed by atoms with Gasteiger partial charge in [0.25, 0.3) is 5.91 Å². The van der Waals surface area contributed by atoms with Crippen molar-refractivity contribution in [3.8, 4) is 11.4 Å². The third-order valence-electron chi connectivity index (χ3n) is 6.40. The molecule has 36 heavy (non-hydrogen) atoms. The number of fused-ring (bicyclic) bond motifs is 1. The van der Waals surface area contributed by atoms with Gasteiger partial charge in [0.15, 0.2) is 6.10 Å². The Hall–Kier alpha value is -3.46. The number of aromatic nitrogens is 2. The van der Waals surface area contributed by atoms with Gasteiger partial charge in [0, 0.05) is 16.1 Å². The lowest BCUT2D eigenvalue weighted by molar-refractivity contribution is -0.123. The first-order valence-corrected chi connectivity index (χ1v) is 13.0. The monoisotopic (exact) mass is 509 g/mol. The van der Waals surface area contributed by atoms with E-state index in [-0.39, 0.29) is 6.61 Å². The average molecular weight is 510 g/mol. The number of anilines is 1. The molecule has 0 aliphatic heterocycles. The summed E-state index contributed by atoms with van der Waals surface area (Å²) in [6, 6.07) is 6.84. The summed E-state index contributed by atoms with van der Waals surface area (Å²) in [5, 5.41) is 3.26. The maximum atomic E-state index is 12.9. The van der Waals surface area contributed by atoms with Crippen LogP contribution in [0.4, 0.5) is 5.00 Å². The largest absolute Gasteiger partial charge is 0.462 e. The first-order valence-electron chi connectivity index (χ1n) is 12.1. The van der Waals surface area contributed by atoms with Crippen LogP contribution in [0.2, 0.25) is 0 Å². The van der Waals surface area contributed by atoms with Crippen molar-refractivity contribution in [1.29, 1.82) is 0 Å². The number of thiophene rings is 1. The number of esters is 2. The molecule has 9 heteroatoms. The SMILES string of the molecule is CCOC(=O)c1c(NC(=O)C(C)OC(=O)c2ccc(-c3nc(C)c(C)[nH]3)cc2)sc2c1CCC(C)C2. The molecule has 8 nitrogen and oxygen atoms in total. The first kappa shape index (κ1) is 25.6. The molecule has 0 spiro atoms. The van der Waals surface area contributed by atoms with E-state index >= 15 is 0 Å². The fourth-order valence-corrected chi connectivity index (χ4v) is 5.60. The van der Waals surface area contributed by atoms with Gasteiger partial charge >= 0.3 is 11.9 Å². The Kier molecular flexibility index (Phi) is 7.59. The molecule has 1 amide bonds. The molecule has 1 aromatic carbocycles. The number of ether oxygens (including phenoxy) is 2. The molecular weight excluding hydrogens is 478 g/mol. The Morgan fingerprint density at radius 1 is 1.19 bits per heavy atom. The van der Waals surface area contributed by atoms with E-state index in [0.717, 1.165) is 52.5 Å². The standard InChI is InChI=1S/C27H31N3O5S/c1-6-34-27(33)22-20-12-7-14(2)13-21(20)36-25(22)30-24(31)17(5)35-26(32)19-10-8-18(9-11-19)23-28-15(3)16(4)29-23/h8-11,14,17H,6-7,12-13H2,1-5H3,(H,28,29)(H,30,31). The van der Waals surface area contributed by atoms with Gasteiger partial charge in [0.1, 0.15) is 10.8 Å². The van der Waals surface area contributed by atoms with Crippen molar-refractivity contribution >= 4 is 34.2 Å². The minimum atomic E-state index is -1.05. The van der Waals surface area contributed by atoms with E-state index in [9.17, 15) is 14.4 Å². The zero-order chi connectivity index (χ0) is 26.0. The number of amides is 1. The highest BCUT2D eigenvalue weighted by atomic mass is 32.1. The fraction of sp³-hybridized carbons (Fsp3) is 0.407. The molecule has 2 N–H and O–H groups in total. The molecule has 4 rings (SSSR count). The number of carbonyl (C=O) groups excluding carboxylic acids is 3. The zero-order valence-corrected chi connectivity index (χ0v) is 22.0. The quantitative estimate of drug-likeness (QED) is 0.422. The Morgan fingerprint density at radius 3 is 2.56 bits per heavy atom. The van der Waals surface area contributed by atoms with Crippen molar-refractivity contribution < 1.29 is 23.9 Å². The van der Waals surface area contributed by atoms with E-state index < -0.39 is 23.9 Å². The molecule has 3 aromatic rings. The molecule has 1 aliphatic carbocycles. The van der Waals surface area contributed by atoms with Gasteiger partial charge < -0.3 is 19.8 Å². The summed E-state index contributed by atoms with van der Waals surface area (Å²) in [7, 11) is 0. The van der Waals surface area contributed by atoms with Crippen LogP contribution >= 0.6 is 11.3 Å².